The van der Waals surface area contributed by atoms with E-state index in [-0.39, 0.29) is 12.3 Å². The molecule has 2 N–H and O–H groups in total. The molecule has 18 heavy (non-hydrogen) atoms. The van der Waals surface area contributed by atoms with Crippen LogP contribution in [0.1, 0.15) is 34.1 Å². The Morgan fingerprint density at radius 1 is 1.33 bits per heavy atom. The molecule has 0 aromatic carbocycles. The largest absolute Gasteiger partial charge is 0.481 e. The maximum absolute atomic E-state index is 11.7. The second kappa shape index (κ2) is 6.37. The van der Waals surface area contributed by atoms with E-state index < -0.39 is 23.3 Å². The van der Waals surface area contributed by atoms with Gasteiger partial charge in [0.2, 0.25) is 11.8 Å². The zero-order valence-electron chi connectivity index (χ0n) is 11.6. The van der Waals surface area contributed by atoms with E-state index in [9.17, 15) is 14.4 Å². The molecule has 0 spiro atoms. The molecule has 6 heteroatoms. The summed E-state index contributed by atoms with van der Waals surface area (Å²) in [5.41, 5.74) is -1.14. The molecule has 0 aliphatic rings. The molecule has 0 saturated heterocycles. The highest BCUT2D eigenvalue weighted by Crippen LogP contribution is 2.20. The molecule has 104 valence electrons. The molecule has 0 fully saturated rings. The summed E-state index contributed by atoms with van der Waals surface area (Å²) in [5, 5.41) is 11.4. The van der Waals surface area contributed by atoms with Crippen molar-refractivity contribution < 1.29 is 19.5 Å². The molecule has 1 atom stereocenters. The fourth-order valence-electron chi connectivity index (χ4n) is 1.32. The third-order valence-electron chi connectivity index (χ3n) is 2.78. The van der Waals surface area contributed by atoms with Gasteiger partial charge in [0, 0.05) is 20.0 Å². The molecule has 0 radical (unpaired) electrons. The van der Waals surface area contributed by atoms with Crippen LogP contribution < -0.4 is 5.32 Å². The fourth-order valence-corrected chi connectivity index (χ4v) is 1.32. The van der Waals surface area contributed by atoms with Gasteiger partial charge < -0.3 is 15.3 Å². The van der Waals surface area contributed by atoms with Gasteiger partial charge in [0.1, 0.15) is 6.04 Å². The van der Waals surface area contributed by atoms with Gasteiger partial charge in [-0.05, 0) is 27.7 Å². The highest BCUT2D eigenvalue weighted by atomic mass is 16.4. The van der Waals surface area contributed by atoms with Crippen molar-refractivity contribution in [1.29, 1.82) is 0 Å². The standard InChI is InChI=1S/C12H22N2O4/c1-6-14(5)10(16)8(2)13-9(15)7-12(3,4)11(17)18/h8H,6-7H2,1-5H3,(H,13,15)(H,17,18). The Balaban J connectivity index is 4.42. The smallest absolute Gasteiger partial charge is 0.309 e. The minimum atomic E-state index is -1.14. The number of amides is 2. The molecular formula is C12H22N2O4. The van der Waals surface area contributed by atoms with E-state index in [1.54, 1.807) is 14.0 Å². The van der Waals surface area contributed by atoms with E-state index in [2.05, 4.69) is 5.32 Å². The van der Waals surface area contributed by atoms with Crippen LogP contribution in [0.3, 0.4) is 0 Å². The van der Waals surface area contributed by atoms with E-state index in [4.69, 9.17) is 5.11 Å². The van der Waals surface area contributed by atoms with Crippen LogP contribution in [0.2, 0.25) is 0 Å². The average molecular weight is 258 g/mol. The molecule has 0 bridgehead atoms. The average Bonchev–Trinajstić information content (AvgIpc) is 2.25. The number of nitrogens with one attached hydrogen (secondary N) is 1. The number of hydrogen-bond donors (Lipinski definition) is 2. The van der Waals surface area contributed by atoms with Crippen LogP contribution in [0.25, 0.3) is 0 Å². The van der Waals surface area contributed by atoms with Gasteiger partial charge in [-0.15, -0.1) is 0 Å². The summed E-state index contributed by atoms with van der Waals surface area (Å²) in [7, 11) is 1.65. The second-order valence-electron chi connectivity index (χ2n) is 5.01. The molecule has 0 aliphatic carbocycles. The SMILES string of the molecule is CCN(C)C(=O)C(C)NC(=O)CC(C)(C)C(=O)O. The molecular weight excluding hydrogens is 236 g/mol. The molecule has 6 nitrogen and oxygen atoms in total. The summed E-state index contributed by atoms with van der Waals surface area (Å²) in [6, 6.07) is -0.646. The quantitative estimate of drug-likeness (QED) is 0.725. The second-order valence-corrected chi connectivity index (χ2v) is 5.01. The third kappa shape index (κ3) is 4.73. The topological polar surface area (TPSA) is 86.7 Å². The van der Waals surface area contributed by atoms with Crippen LogP contribution in [-0.2, 0) is 14.4 Å². The summed E-state index contributed by atoms with van der Waals surface area (Å²) in [6.07, 6.45) is -0.157. The zero-order valence-corrected chi connectivity index (χ0v) is 11.6. The van der Waals surface area contributed by atoms with E-state index in [0.717, 1.165) is 0 Å². The Labute approximate surface area is 107 Å². The number of hydrogen-bond acceptors (Lipinski definition) is 3. The number of rotatable bonds is 6. The highest BCUT2D eigenvalue weighted by molar-refractivity contribution is 5.89. The Morgan fingerprint density at radius 3 is 2.22 bits per heavy atom. The monoisotopic (exact) mass is 258 g/mol. The molecule has 0 heterocycles. The lowest BCUT2D eigenvalue weighted by atomic mass is 9.89. The Hall–Kier alpha value is -1.59. The van der Waals surface area contributed by atoms with Gasteiger partial charge in [0.05, 0.1) is 5.41 Å². The lowest BCUT2D eigenvalue weighted by molar-refractivity contribution is -0.149. The van der Waals surface area contributed by atoms with Gasteiger partial charge in [-0.3, -0.25) is 14.4 Å². The molecule has 0 aromatic rings. The van der Waals surface area contributed by atoms with Crippen molar-refractivity contribution in [1.82, 2.24) is 10.2 Å². The van der Waals surface area contributed by atoms with Gasteiger partial charge in [-0.25, -0.2) is 0 Å². The van der Waals surface area contributed by atoms with Crippen molar-refractivity contribution >= 4 is 17.8 Å². The normalized spacial score (nSPS) is 12.7. The molecule has 1 unspecified atom stereocenters. The Bertz CT molecular complexity index is 339. The number of carboxylic acid groups (broad SMARTS) is 1. The summed E-state index contributed by atoms with van der Waals surface area (Å²) in [5.74, 6) is -1.67. The van der Waals surface area contributed by atoms with Crippen LogP contribution in [0, 0.1) is 5.41 Å². The number of nitrogens with zero attached hydrogens (tertiary/aromatic N) is 1. The van der Waals surface area contributed by atoms with Crippen molar-refractivity contribution in [3.63, 3.8) is 0 Å². The van der Waals surface area contributed by atoms with Crippen molar-refractivity contribution in [2.24, 2.45) is 5.41 Å². The summed E-state index contributed by atoms with van der Waals surface area (Å²) < 4.78 is 0. The highest BCUT2D eigenvalue weighted by Gasteiger charge is 2.31. The molecule has 0 aromatic heterocycles. The third-order valence-corrected chi connectivity index (χ3v) is 2.78. The minimum Gasteiger partial charge on any atom is -0.481 e. The lowest BCUT2D eigenvalue weighted by Gasteiger charge is -2.23. The van der Waals surface area contributed by atoms with Gasteiger partial charge in [-0.1, -0.05) is 0 Å². The maximum Gasteiger partial charge on any atom is 0.309 e. The van der Waals surface area contributed by atoms with E-state index in [1.807, 2.05) is 6.92 Å². The van der Waals surface area contributed by atoms with Crippen LogP contribution in [0.15, 0.2) is 0 Å². The van der Waals surface area contributed by atoms with E-state index >= 15 is 0 Å². The zero-order chi connectivity index (χ0) is 14.5. The van der Waals surface area contributed by atoms with Crippen LogP contribution >= 0.6 is 0 Å². The Morgan fingerprint density at radius 2 is 1.83 bits per heavy atom. The predicted molar refractivity (Wildman–Crippen MR) is 66.9 cm³/mol. The number of likely N-dealkylation sites (N-methyl/N-ethyl adjacent to an activating group) is 1. The first-order valence-electron chi connectivity index (χ1n) is 5.89. The van der Waals surface area contributed by atoms with Gasteiger partial charge in [0.15, 0.2) is 0 Å². The van der Waals surface area contributed by atoms with Crippen LogP contribution in [-0.4, -0.2) is 47.4 Å². The number of carbonyl (C=O) groups is 3. The number of carbonyl (C=O) groups excluding carboxylic acids is 2. The number of aliphatic carboxylic acids is 1. The van der Waals surface area contributed by atoms with E-state index in [0.29, 0.717) is 6.54 Å². The van der Waals surface area contributed by atoms with Crippen LogP contribution in [0.4, 0.5) is 0 Å². The molecule has 0 saturated carbocycles. The summed E-state index contributed by atoms with van der Waals surface area (Å²) in [6.45, 7) is 6.92. The van der Waals surface area contributed by atoms with Crippen LogP contribution in [0.5, 0.6) is 0 Å². The summed E-state index contributed by atoms with van der Waals surface area (Å²) in [4.78, 5) is 35.7. The lowest BCUT2D eigenvalue weighted by Crippen LogP contribution is -2.46. The first-order valence-corrected chi connectivity index (χ1v) is 5.89. The molecule has 2 amide bonds. The predicted octanol–water partition coefficient (Wildman–Crippen LogP) is 0.470. The Kier molecular flexibility index (Phi) is 5.81. The first kappa shape index (κ1) is 16.4. The fraction of sp³-hybridized carbons (Fsp3) is 0.750. The number of carboxylic acids is 1. The van der Waals surface area contributed by atoms with Crippen molar-refractivity contribution in [3.05, 3.63) is 0 Å². The van der Waals surface area contributed by atoms with Gasteiger partial charge in [0.25, 0.3) is 0 Å². The van der Waals surface area contributed by atoms with Gasteiger partial charge in [-0.2, -0.15) is 0 Å². The van der Waals surface area contributed by atoms with Crippen molar-refractivity contribution in [3.8, 4) is 0 Å². The van der Waals surface area contributed by atoms with E-state index in [1.165, 1.54) is 18.7 Å². The summed E-state index contributed by atoms with van der Waals surface area (Å²) >= 11 is 0. The van der Waals surface area contributed by atoms with Crippen molar-refractivity contribution in [2.45, 2.75) is 40.2 Å². The maximum atomic E-state index is 11.7. The first-order chi connectivity index (χ1) is 8.11. The minimum absolute atomic E-state index is 0.157. The van der Waals surface area contributed by atoms with Gasteiger partial charge >= 0.3 is 5.97 Å². The molecule has 0 aliphatic heterocycles. The van der Waals surface area contributed by atoms with Crippen molar-refractivity contribution in [2.75, 3.05) is 13.6 Å². The molecule has 0 rings (SSSR count).